The van der Waals surface area contributed by atoms with Crippen LogP contribution in [0.4, 0.5) is 8.78 Å². The molecule has 1 unspecified atom stereocenters. The Morgan fingerprint density at radius 3 is 3.17 bits per heavy atom. The fourth-order valence-electron chi connectivity index (χ4n) is 2.52. The first-order chi connectivity index (χ1) is 11.1. The van der Waals surface area contributed by atoms with Crippen LogP contribution in [0.5, 0.6) is 5.75 Å². The van der Waals surface area contributed by atoms with Gasteiger partial charge < -0.3 is 14.6 Å². The standard InChI is InChI=1S/C15H16F2N4O2/c16-13(17)9-23-12-5-10(7-18-8-12)15(22)20-11-1-3-21-4-2-19-14(21)6-11/h2,4-5,7-8,11,13H,1,3,6,9H2,(H,20,22). The van der Waals surface area contributed by atoms with Crippen molar-refractivity contribution in [2.75, 3.05) is 6.61 Å². The van der Waals surface area contributed by atoms with E-state index in [0.29, 0.717) is 6.42 Å². The minimum absolute atomic E-state index is 0.0111. The van der Waals surface area contributed by atoms with Crippen LogP contribution < -0.4 is 10.1 Å². The van der Waals surface area contributed by atoms with Crippen LogP contribution in [0.3, 0.4) is 0 Å². The normalized spacial score (nSPS) is 16.9. The highest BCUT2D eigenvalue weighted by Crippen LogP contribution is 2.15. The molecule has 2 aromatic heterocycles. The van der Waals surface area contributed by atoms with Gasteiger partial charge >= 0.3 is 0 Å². The van der Waals surface area contributed by atoms with Crippen LogP contribution in [0.2, 0.25) is 0 Å². The topological polar surface area (TPSA) is 69.0 Å². The SMILES string of the molecule is O=C(NC1CCn2ccnc2C1)c1cncc(OCC(F)F)c1. The molecule has 6 nitrogen and oxygen atoms in total. The average molecular weight is 322 g/mol. The van der Waals surface area contributed by atoms with Crippen molar-refractivity contribution in [3.05, 3.63) is 42.2 Å². The Kier molecular flexibility index (Phi) is 4.50. The molecule has 0 spiro atoms. The summed E-state index contributed by atoms with van der Waals surface area (Å²) >= 11 is 0. The van der Waals surface area contributed by atoms with Gasteiger partial charge in [0.25, 0.3) is 12.3 Å². The number of hydrogen-bond acceptors (Lipinski definition) is 4. The number of fused-ring (bicyclic) bond motifs is 1. The van der Waals surface area contributed by atoms with Crippen LogP contribution >= 0.6 is 0 Å². The highest BCUT2D eigenvalue weighted by molar-refractivity contribution is 5.94. The maximum Gasteiger partial charge on any atom is 0.272 e. The summed E-state index contributed by atoms with van der Waals surface area (Å²) in [5.74, 6) is 0.788. The summed E-state index contributed by atoms with van der Waals surface area (Å²) < 4.78 is 31.2. The summed E-state index contributed by atoms with van der Waals surface area (Å²) in [4.78, 5) is 20.4. The second-order valence-corrected chi connectivity index (χ2v) is 5.31. The maximum atomic E-state index is 12.3. The zero-order chi connectivity index (χ0) is 16.2. The molecule has 1 atom stereocenters. The van der Waals surface area contributed by atoms with Crippen molar-refractivity contribution in [3.8, 4) is 5.75 Å². The summed E-state index contributed by atoms with van der Waals surface area (Å²) in [5, 5.41) is 2.92. The largest absolute Gasteiger partial charge is 0.486 e. The number of amides is 1. The van der Waals surface area contributed by atoms with Crippen LogP contribution in [0, 0.1) is 0 Å². The van der Waals surface area contributed by atoms with Crippen molar-refractivity contribution < 1.29 is 18.3 Å². The minimum atomic E-state index is -2.57. The molecule has 0 aromatic carbocycles. The Balaban J connectivity index is 1.61. The van der Waals surface area contributed by atoms with E-state index in [4.69, 9.17) is 4.74 Å². The molecule has 23 heavy (non-hydrogen) atoms. The lowest BCUT2D eigenvalue weighted by atomic mass is 10.1. The van der Waals surface area contributed by atoms with Crippen molar-refractivity contribution in [1.82, 2.24) is 19.9 Å². The third-order valence-electron chi connectivity index (χ3n) is 3.64. The molecule has 0 bridgehead atoms. The Hall–Kier alpha value is -2.51. The summed E-state index contributed by atoms with van der Waals surface area (Å²) in [6.07, 6.45) is 5.25. The molecule has 1 N–H and O–H groups in total. The van der Waals surface area contributed by atoms with Gasteiger partial charge in [0.2, 0.25) is 0 Å². The number of nitrogens with zero attached hydrogens (tertiary/aromatic N) is 3. The number of pyridine rings is 1. The molecule has 0 radical (unpaired) electrons. The van der Waals surface area contributed by atoms with Crippen LogP contribution in [-0.2, 0) is 13.0 Å². The first-order valence-corrected chi connectivity index (χ1v) is 7.28. The molecule has 0 aliphatic carbocycles. The highest BCUT2D eigenvalue weighted by Gasteiger charge is 2.21. The maximum absolute atomic E-state index is 12.3. The first-order valence-electron chi connectivity index (χ1n) is 7.28. The van der Waals surface area contributed by atoms with E-state index < -0.39 is 13.0 Å². The van der Waals surface area contributed by atoms with Gasteiger partial charge in [-0.25, -0.2) is 13.8 Å². The Labute approximate surface area is 131 Å². The Bertz CT molecular complexity index is 690. The predicted molar refractivity (Wildman–Crippen MR) is 77.5 cm³/mol. The van der Waals surface area contributed by atoms with E-state index in [1.54, 1.807) is 6.20 Å². The number of aryl methyl sites for hydroxylation is 1. The summed E-state index contributed by atoms with van der Waals surface area (Å²) in [7, 11) is 0. The van der Waals surface area contributed by atoms with Gasteiger partial charge in [0.15, 0.2) is 0 Å². The molecule has 122 valence electrons. The average Bonchev–Trinajstić information content (AvgIpc) is 3.01. The van der Waals surface area contributed by atoms with E-state index in [-0.39, 0.29) is 23.3 Å². The quantitative estimate of drug-likeness (QED) is 0.909. The van der Waals surface area contributed by atoms with Crippen LogP contribution in [0.15, 0.2) is 30.9 Å². The number of aromatic nitrogens is 3. The third kappa shape index (κ3) is 3.82. The van der Waals surface area contributed by atoms with Gasteiger partial charge in [-0.2, -0.15) is 0 Å². The molecular weight excluding hydrogens is 306 g/mol. The van der Waals surface area contributed by atoms with E-state index in [9.17, 15) is 13.6 Å². The van der Waals surface area contributed by atoms with E-state index in [1.165, 1.54) is 18.5 Å². The molecule has 3 rings (SSSR count). The highest BCUT2D eigenvalue weighted by atomic mass is 19.3. The lowest BCUT2D eigenvalue weighted by Crippen LogP contribution is -2.40. The lowest BCUT2D eigenvalue weighted by Gasteiger charge is -2.24. The van der Waals surface area contributed by atoms with Gasteiger partial charge in [0.05, 0.1) is 11.8 Å². The monoisotopic (exact) mass is 322 g/mol. The zero-order valence-corrected chi connectivity index (χ0v) is 12.3. The number of carbonyl (C=O) groups excluding carboxylic acids is 1. The summed E-state index contributed by atoms with van der Waals surface area (Å²) in [6, 6.07) is 1.40. The van der Waals surface area contributed by atoms with E-state index >= 15 is 0 Å². The minimum Gasteiger partial charge on any atom is -0.486 e. The van der Waals surface area contributed by atoms with Crippen LogP contribution in [0.25, 0.3) is 0 Å². The number of halogens is 2. The molecule has 0 saturated carbocycles. The predicted octanol–water partition coefficient (Wildman–Crippen LogP) is 1.67. The number of hydrogen-bond donors (Lipinski definition) is 1. The van der Waals surface area contributed by atoms with Crippen LogP contribution in [-0.4, -0.2) is 39.5 Å². The number of alkyl halides is 2. The third-order valence-corrected chi connectivity index (χ3v) is 3.64. The Morgan fingerprint density at radius 2 is 2.35 bits per heavy atom. The van der Waals surface area contributed by atoms with E-state index in [2.05, 4.69) is 19.9 Å². The van der Waals surface area contributed by atoms with Crippen molar-refractivity contribution in [2.24, 2.45) is 0 Å². The molecule has 0 saturated heterocycles. The van der Waals surface area contributed by atoms with Gasteiger partial charge in [0, 0.05) is 37.6 Å². The smallest absolute Gasteiger partial charge is 0.272 e. The number of imidazole rings is 1. The molecule has 2 aromatic rings. The first kappa shape index (κ1) is 15.4. The number of ether oxygens (including phenoxy) is 1. The van der Waals surface area contributed by atoms with Crippen molar-refractivity contribution >= 4 is 5.91 Å². The summed E-state index contributed by atoms with van der Waals surface area (Å²) in [6.45, 7) is 0.0775. The Morgan fingerprint density at radius 1 is 1.48 bits per heavy atom. The molecular formula is C15H16F2N4O2. The number of rotatable bonds is 5. The molecule has 1 aliphatic rings. The molecule has 8 heteroatoms. The number of carbonyl (C=O) groups is 1. The fourth-order valence-corrected chi connectivity index (χ4v) is 2.52. The summed E-state index contributed by atoms with van der Waals surface area (Å²) in [5.41, 5.74) is 0.283. The zero-order valence-electron chi connectivity index (χ0n) is 12.3. The lowest BCUT2D eigenvalue weighted by molar-refractivity contribution is 0.0816. The van der Waals surface area contributed by atoms with E-state index in [1.807, 2.05) is 6.20 Å². The van der Waals surface area contributed by atoms with Gasteiger partial charge in [-0.05, 0) is 12.5 Å². The molecule has 0 fully saturated rings. The van der Waals surface area contributed by atoms with Gasteiger partial charge in [-0.3, -0.25) is 9.78 Å². The van der Waals surface area contributed by atoms with Gasteiger partial charge in [-0.1, -0.05) is 0 Å². The van der Waals surface area contributed by atoms with Crippen molar-refractivity contribution in [3.63, 3.8) is 0 Å². The fraction of sp³-hybridized carbons (Fsp3) is 0.400. The van der Waals surface area contributed by atoms with Crippen LogP contribution in [0.1, 0.15) is 22.6 Å². The van der Waals surface area contributed by atoms with Crippen molar-refractivity contribution in [1.29, 1.82) is 0 Å². The van der Waals surface area contributed by atoms with Gasteiger partial charge in [-0.15, -0.1) is 0 Å². The second-order valence-electron chi connectivity index (χ2n) is 5.31. The molecule has 1 aliphatic heterocycles. The number of nitrogens with one attached hydrogen (secondary N) is 1. The molecule has 1 amide bonds. The second kappa shape index (κ2) is 6.72. The molecule has 3 heterocycles. The van der Waals surface area contributed by atoms with Crippen molar-refractivity contribution in [2.45, 2.75) is 31.9 Å². The van der Waals surface area contributed by atoms with E-state index in [0.717, 1.165) is 18.8 Å². The van der Waals surface area contributed by atoms with Gasteiger partial charge in [0.1, 0.15) is 18.2 Å².